The van der Waals surface area contributed by atoms with Gasteiger partial charge in [-0.25, -0.2) is 8.42 Å². The molecule has 0 aliphatic rings. The van der Waals surface area contributed by atoms with E-state index in [1.54, 1.807) is 30.3 Å². The fourth-order valence-corrected chi connectivity index (χ4v) is 4.91. The highest BCUT2D eigenvalue weighted by molar-refractivity contribution is 7.92. The Morgan fingerprint density at radius 2 is 1.50 bits per heavy atom. The third-order valence-electron chi connectivity index (χ3n) is 5.18. The Hall–Kier alpha value is -2.49. The Labute approximate surface area is 190 Å². The molecule has 2 rings (SSSR count). The first-order valence-electron chi connectivity index (χ1n) is 11.0. The van der Waals surface area contributed by atoms with Gasteiger partial charge in [-0.2, -0.15) is 0 Å². The molecule has 8 nitrogen and oxygen atoms in total. The number of sulfonamides is 1. The molecule has 0 heterocycles. The third-order valence-corrected chi connectivity index (χ3v) is 6.99. The molecule has 1 atom stereocenters. The molecule has 0 saturated carbocycles. The average molecular weight is 464 g/mol. The number of nitro groups is 1. The summed E-state index contributed by atoms with van der Waals surface area (Å²) < 4.78 is 28.0. The first-order valence-corrected chi connectivity index (χ1v) is 12.5. The third kappa shape index (κ3) is 7.29. The van der Waals surface area contributed by atoms with Crippen LogP contribution in [-0.2, 0) is 10.0 Å². The minimum atomic E-state index is -4.03. The lowest BCUT2D eigenvalue weighted by atomic mass is 10.2. The summed E-state index contributed by atoms with van der Waals surface area (Å²) in [5, 5.41) is 21.8. The molecule has 0 aliphatic carbocycles. The molecule has 0 bridgehead atoms. The van der Waals surface area contributed by atoms with Crippen molar-refractivity contribution in [2.24, 2.45) is 0 Å². The van der Waals surface area contributed by atoms with E-state index in [-0.39, 0.29) is 17.1 Å². The van der Waals surface area contributed by atoms with E-state index in [2.05, 4.69) is 18.7 Å². The molecule has 0 spiro atoms. The standard InChI is InChI=1S/C23H33N3O5S/c1-3-5-16-24(17-6-4-2)18-22(27)19-25(20-10-8-7-9-11-20)32(30,31)23-14-12-21(13-15-23)26(28)29/h7-15,22,27H,3-6,16-19H2,1-2H3. The lowest BCUT2D eigenvalue weighted by Crippen LogP contribution is -2.43. The van der Waals surface area contributed by atoms with Crippen molar-refractivity contribution in [3.05, 3.63) is 64.7 Å². The van der Waals surface area contributed by atoms with E-state index in [0.717, 1.165) is 38.8 Å². The van der Waals surface area contributed by atoms with E-state index < -0.39 is 21.1 Å². The monoisotopic (exact) mass is 463 g/mol. The molecule has 1 unspecified atom stereocenters. The number of aliphatic hydroxyl groups excluding tert-OH is 1. The van der Waals surface area contributed by atoms with Gasteiger partial charge >= 0.3 is 0 Å². The second-order valence-corrected chi connectivity index (χ2v) is 9.65. The predicted octanol–water partition coefficient (Wildman–Crippen LogP) is 4.05. The molecule has 176 valence electrons. The fourth-order valence-electron chi connectivity index (χ4n) is 3.41. The molecule has 32 heavy (non-hydrogen) atoms. The molecule has 0 amide bonds. The van der Waals surface area contributed by atoms with Crippen LogP contribution in [0.2, 0.25) is 0 Å². The van der Waals surface area contributed by atoms with E-state index in [4.69, 9.17) is 0 Å². The van der Waals surface area contributed by atoms with Crippen molar-refractivity contribution in [3.8, 4) is 0 Å². The highest BCUT2D eigenvalue weighted by Gasteiger charge is 2.28. The quantitative estimate of drug-likeness (QED) is 0.335. The Morgan fingerprint density at radius 1 is 0.938 bits per heavy atom. The van der Waals surface area contributed by atoms with Gasteiger partial charge in [-0.1, -0.05) is 44.9 Å². The zero-order valence-corrected chi connectivity index (χ0v) is 19.6. The molecule has 9 heteroatoms. The van der Waals surface area contributed by atoms with Crippen LogP contribution < -0.4 is 4.31 Å². The summed E-state index contributed by atoms with van der Waals surface area (Å²) in [7, 11) is -4.03. The largest absolute Gasteiger partial charge is 0.390 e. The summed E-state index contributed by atoms with van der Waals surface area (Å²) >= 11 is 0. The van der Waals surface area contributed by atoms with Crippen molar-refractivity contribution in [1.29, 1.82) is 0 Å². The first kappa shape index (κ1) is 25.8. The lowest BCUT2D eigenvalue weighted by Gasteiger charge is -2.30. The van der Waals surface area contributed by atoms with Crippen LogP contribution in [0.5, 0.6) is 0 Å². The Balaban J connectivity index is 2.27. The zero-order chi connectivity index (χ0) is 23.6. The van der Waals surface area contributed by atoms with Crippen LogP contribution in [0.25, 0.3) is 0 Å². The molecule has 0 saturated heterocycles. The number of para-hydroxylation sites is 1. The van der Waals surface area contributed by atoms with Crippen molar-refractivity contribution < 1.29 is 18.4 Å². The second kappa shape index (κ2) is 12.5. The Morgan fingerprint density at radius 3 is 2.00 bits per heavy atom. The van der Waals surface area contributed by atoms with E-state index in [1.165, 1.54) is 28.6 Å². The molecule has 0 aromatic heterocycles. The highest BCUT2D eigenvalue weighted by atomic mass is 32.2. The van der Waals surface area contributed by atoms with E-state index >= 15 is 0 Å². The number of aliphatic hydroxyl groups is 1. The second-order valence-electron chi connectivity index (χ2n) is 7.78. The summed E-state index contributed by atoms with van der Waals surface area (Å²) in [6.07, 6.45) is 3.23. The maximum atomic E-state index is 13.4. The number of hydrogen-bond donors (Lipinski definition) is 1. The maximum absolute atomic E-state index is 13.4. The van der Waals surface area contributed by atoms with Gasteiger partial charge in [0.05, 0.1) is 28.2 Å². The van der Waals surface area contributed by atoms with Crippen LogP contribution in [0.3, 0.4) is 0 Å². The van der Waals surface area contributed by atoms with E-state index in [9.17, 15) is 23.6 Å². The Kier molecular flexibility index (Phi) is 10.1. The highest BCUT2D eigenvalue weighted by Crippen LogP contribution is 2.25. The molecule has 2 aromatic rings. The fraction of sp³-hybridized carbons (Fsp3) is 0.478. The minimum absolute atomic E-state index is 0.0621. The number of hydrogen-bond acceptors (Lipinski definition) is 6. The van der Waals surface area contributed by atoms with Gasteiger partial charge in [0.2, 0.25) is 0 Å². The van der Waals surface area contributed by atoms with E-state index in [1.807, 2.05) is 0 Å². The number of benzene rings is 2. The molecule has 0 radical (unpaired) electrons. The smallest absolute Gasteiger partial charge is 0.269 e. The van der Waals surface area contributed by atoms with Crippen LogP contribution in [0.15, 0.2) is 59.5 Å². The molecule has 0 aliphatic heterocycles. The topological polar surface area (TPSA) is 104 Å². The van der Waals surface area contributed by atoms with Gasteiger partial charge in [0.15, 0.2) is 0 Å². The number of nitrogens with zero attached hydrogens (tertiary/aromatic N) is 3. The minimum Gasteiger partial charge on any atom is -0.390 e. The normalized spacial score (nSPS) is 12.6. The van der Waals surface area contributed by atoms with E-state index in [0.29, 0.717) is 12.2 Å². The molecule has 2 aromatic carbocycles. The number of unbranched alkanes of at least 4 members (excludes halogenated alkanes) is 2. The van der Waals surface area contributed by atoms with Gasteiger partial charge in [0, 0.05) is 18.7 Å². The number of nitro benzene ring substituents is 1. The van der Waals surface area contributed by atoms with Gasteiger partial charge in [-0.05, 0) is 50.2 Å². The summed E-state index contributed by atoms with van der Waals surface area (Å²) in [5.41, 5.74) is 0.247. The summed E-state index contributed by atoms with van der Waals surface area (Å²) in [6.45, 7) is 6.20. The van der Waals surface area contributed by atoms with Crippen LogP contribution in [0, 0.1) is 10.1 Å². The van der Waals surface area contributed by atoms with Gasteiger partial charge in [-0.15, -0.1) is 0 Å². The maximum Gasteiger partial charge on any atom is 0.269 e. The van der Waals surface area contributed by atoms with Crippen LogP contribution in [0.4, 0.5) is 11.4 Å². The average Bonchev–Trinajstić information content (AvgIpc) is 2.79. The SMILES string of the molecule is CCCCN(CCCC)CC(O)CN(c1ccccc1)S(=O)(=O)c1ccc([N+](=O)[O-])cc1. The van der Waals surface area contributed by atoms with Crippen molar-refractivity contribution in [1.82, 2.24) is 4.90 Å². The predicted molar refractivity (Wildman–Crippen MR) is 126 cm³/mol. The number of anilines is 1. The molecule has 1 N–H and O–H groups in total. The van der Waals surface area contributed by atoms with Gasteiger partial charge in [-0.3, -0.25) is 14.4 Å². The molecular weight excluding hydrogens is 430 g/mol. The van der Waals surface area contributed by atoms with Crippen molar-refractivity contribution in [3.63, 3.8) is 0 Å². The van der Waals surface area contributed by atoms with Crippen molar-refractivity contribution >= 4 is 21.4 Å². The van der Waals surface area contributed by atoms with Crippen molar-refractivity contribution in [2.45, 2.75) is 50.5 Å². The Bertz CT molecular complexity index is 928. The van der Waals surface area contributed by atoms with Crippen LogP contribution in [-0.4, -0.2) is 55.6 Å². The first-order chi connectivity index (χ1) is 15.3. The van der Waals surface area contributed by atoms with Crippen LogP contribution in [0.1, 0.15) is 39.5 Å². The van der Waals surface area contributed by atoms with Gasteiger partial charge < -0.3 is 10.0 Å². The van der Waals surface area contributed by atoms with Gasteiger partial charge in [0.25, 0.3) is 15.7 Å². The molecule has 0 fully saturated rings. The molecular formula is C23H33N3O5S. The summed E-state index contributed by atoms with van der Waals surface area (Å²) in [6, 6.07) is 13.4. The number of rotatable bonds is 14. The van der Waals surface area contributed by atoms with Crippen molar-refractivity contribution in [2.75, 3.05) is 30.5 Å². The summed E-state index contributed by atoms with van der Waals surface area (Å²) in [5.74, 6) is 0. The lowest BCUT2D eigenvalue weighted by molar-refractivity contribution is -0.384. The van der Waals surface area contributed by atoms with Gasteiger partial charge in [0.1, 0.15) is 0 Å². The summed E-state index contributed by atoms with van der Waals surface area (Å²) in [4.78, 5) is 12.5. The number of non-ortho nitro benzene ring substituents is 1. The van der Waals surface area contributed by atoms with Crippen LogP contribution >= 0.6 is 0 Å². The zero-order valence-electron chi connectivity index (χ0n) is 18.8.